The summed E-state index contributed by atoms with van der Waals surface area (Å²) in [4.78, 5) is 14.1. The van der Waals surface area contributed by atoms with Crippen molar-refractivity contribution in [3.8, 4) is 0 Å². The van der Waals surface area contributed by atoms with Gasteiger partial charge in [0, 0.05) is 24.7 Å². The van der Waals surface area contributed by atoms with Gasteiger partial charge in [-0.2, -0.15) is 0 Å². The number of halogens is 1. The highest BCUT2D eigenvalue weighted by Gasteiger charge is 2.18. The van der Waals surface area contributed by atoms with Crippen LogP contribution in [0.4, 0.5) is 0 Å². The molecule has 0 aliphatic carbocycles. The van der Waals surface area contributed by atoms with Gasteiger partial charge in [0.2, 0.25) is 0 Å². The number of carbonyl (C=O) groups is 1. The summed E-state index contributed by atoms with van der Waals surface area (Å²) in [7, 11) is 1.85. The summed E-state index contributed by atoms with van der Waals surface area (Å²) < 4.78 is 6.54. The fourth-order valence-electron chi connectivity index (χ4n) is 2.31. The molecule has 0 radical (unpaired) electrons. The predicted octanol–water partition coefficient (Wildman–Crippen LogP) is 3.48. The molecule has 0 spiro atoms. The second-order valence-corrected chi connectivity index (χ2v) is 5.84. The Labute approximate surface area is 123 Å². The lowest BCUT2D eigenvalue weighted by molar-refractivity contribution is 0.00708. The summed E-state index contributed by atoms with van der Waals surface area (Å²) in [6.45, 7) is 1.61. The number of amides is 1. The maximum atomic E-state index is 12.3. The molecule has 0 saturated carbocycles. The van der Waals surface area contributed by atoms with Crippen LogP contribution in [0.25, 0.3) is 0 Å². The monoisotopic (exact) mass is 325 g/mol. The van der Waals surface area contributed by atoms with Gasteiger partial charge in [-0.05, 0) is 53.7 Å². The number of hydrogen-bond acceptors (Lipinski definition) is 2. The van der Waals surface area contributed by atoms with E-state index in [9.17, 15) is 4.79 Å². The molecule has 2 rings (SSSR count). The van der Waals surface area contributed by atoms with Crippen LogP contribution in [0.15, 0.2) is 28.7 Å². The van der Waals surface area contributed by atoms with Gasteiger partial charge in [-0.1, -0.05) is 12.1 Å². The number of benzene rings is 1. The van der Waals surface area contributed by atoms with Gasteiger partial charge in [0.05, 0.1) is 11.7 Å². The van der Waals surface area contributed by atoms with Gasteiger partial charge >= 0.3 is 0 Å². The van der Waals surface area contributed by atoms with Crippen molar-refractivity contribution in [3.05, 3.63) is 34.3 Å². The maximum Gasteiger partial charge on any atom is 0.254 e. The molecule has 0 bridgehead atoms. The highest BCUT2D eigenvalue weighted by molar-refractivity contribution is 9.10. The topological polar surface area (TPSA) is 29.5 Å². The van der Waals surface area contributed by atoms with Crippen LogP contribution in [-0.2, 0) is 4.74 Å². The van der Waals surface area contributed by atoms with Crippen LogP contribution in [0.3, 0.4) is 0 Å². The van der Waals surface area contributed by atoms with Crippen molar-refractivity contribution in [2.75, 3.05) is 20.2 Å². The molecule has 0 N–H and O–H groups in total. The van der Waals surface area contributed by atoms with E-state index in [4.69, 9.17) is 4.74 Å². The van der Waals surface area contributed by atoms with Gasteiger partial charge in [-0.3, -0.25) is 4.79 Å². The predicted molar refractivity (Wildman–Crippen MR) is 79.3 cm³/mol. The lowest BCUT2D eigenvalue weighted by Gasteiger charge is -2.25. The van der Waals surface area contributed by atoms with Crippen molar-refractivity contribution >= 4 is 21.8 Å². The molecule has 3 nitrogen and oxygen atoms in total. The second-order valence-electron chi connectivity index (χ2n) is 4.98. The van der Waals surface area contributed by atoms with Crippen molar-refractivity contribution < 1.29 is 9.53 Å². The number of carbonyl (C=O) groups excluding carboxylic acids is 1. The number of nitrogens with zero attached hydrogens (tertiary/aromatic N) is 1. The van der Waals surface area contributed by atoms with Crippen LogP contribution in [0, 0.1) is 0 Å². The zero-order chi connectivity index (χ0) is 13.7. The smallest absolute Gasteiger partial charge is 0.254 e. The summed E-state index contributed by atoms with van der Waals surface area (Å²) in [5.41, 5.74) is 0.717. The number of hydrogen-bond donors (Lipinski definition) is 0. The van der Waals surface area contributed by atoms with E-state index in [1.54, 1.807) is 4.90 Å². The molecule has 104 valence electrons. The maximum absolute atomic E-state index is 12.3. The molecular weight excluding hydrogens is 306 g/mol. The zero-order valence-electron chi connectivity index (χ0n) is 11.3. The van der Waals surface area contributed by atoms with Crippen molar-refractivity contribution in [3.63, 3.8) is 0 Å². The van der Waals surface area contributed by atoms with Gasteiger partial charge in [-0.25, -0.2) is 0 Å². The van der Waals surface area contributed by atoms with Gasteiger partial charge < -0.3 is 9.64 Å². The minimum absolute atomic E-state index is 0.0586. The van der Waals surface area contributed by atoms with E-state index in [-0.39, 0.29) is 5.91 Å². The molecule has 1 fully saturated rings. The second kappa shape index (κ2) is 7.06. The Bertz CT molecular complexity index is 430. The van der Waals surface area contributed by atoms with Crippen LogP contribution >= 0.6 is 15.9 Å². The van der Waals surface area contributed by atoms with E-state index in [0.29, 0.717) is 6.10 Å². The molecular formula is C15H20BrNO2. The minimum Gasteiger partial charge on any atom is -0.378 e. The SMILES string of the molecule is CN(CCC1CCCCO1)C(=O)c1ccccc1Br. The Morgan fingerprint density at radius 2 is 2.21 bits per heavy atom. The quantitative estimate of drug-likeness (QED) is 0.848. The van der Waals surface area contributed by atoms with Gasteiger partial charge in [0.15, 0.2) is 0 Å². The Morgan fingerprint density at radius 3 is 2.89 bits per heavy atom. The average molecular weight is 326 g/mol. The molecule has 1 aromatic rings. The third kappa shape index (κ3) is 4.05. The normalized spacial score (nSPS) is 19.2. The van der Waals surface area contributed by atoms with Crippen LogP contribution in [0.1, 0.15) is 36.0 Å². The Morgan fingerprint density at radius 1 is 1.42 bits per heavy atom. The molecule has 1 unspecified atom stereocenters. The molecule has 1 saturated heterocycles. The molecule has 0 aromatic heterocycles. The van der Waals surface area contributed by atoms with E-state index < -0.39 is 0 Å². The first-order chi connectivity index (χ1) is 9.18. The van der Waals surface area contributed by atoms with Crippen molar-refractivity contribution in [2.45, 2.75) is 31.8 Å². The van der Waals surface area contributed by atoms with E-state index in [1.165, 1.54) is 12.8 Å². The standard InChI is InChI=1S/C15H20BrNO2/c1-17(10-9-12-6-4-5-11-19-12)15(18)13-7-2-3-8-14(13)16/h2-3,7-8,12H,4-6,9-11H2,1H3. The third-order valence-corrected chi connectivity index (χ3v) is 4.20. The van der Waals surface area contributed by atoms with Gasteiger partial charge in [0.25, 0.3) is 5.91 Å². The molecule has 1 amide bonds. The molecule has 1 aromatic carbocycles. The van der Waals surface area contributed by atoms with E-state index >= 15 is 0 Å². The van der Waals surface area contributed by atoms with E-state index in [0.717, 1.165) is 36.0 Å². The first-order valence-electron chi connectivity index (χ1n) is 6.80. The van der Waals surface area contributed by atoms with Crippen LogP contribution in [-0.4, -0.2) is 37.1 Å². The Balaban J connectivity index is 1.87. The summed E-state index contributed by atoms with van der Waals surface area (Å²) in [5, 5.41) is 0. The van der Waals surface area contributed by atoms with E-state index in [1.807, 2.05) is 31.3 Å². The van der Waals surface area contributed by atoms with Crippen LogP contribution in [0.5, 0.6) is 0 Å². The summed E-state index contributed by atoms with van der Waals surface area (Å²) in [6.07, 6.45) is 4.78. The van der Waals surface area contributed by atoms with Crippen molar-refractivity contribution in [1.82, 2.24) is 4.90 Å². The molecule has 4 heteroatoms. The highest BCUT2D eigenvalue weighted by Crippen LogP contribution is 2.19. The first-order valence-corrected chi connectivity index (χ1v) is 7.59. The van der Waals surface area contributed by atoms with Crippen LogP contribution in [0.2, 0.25) is 0 Å². The van der Waals surface area contributed by atoms with E-state index in [2.05, 4.69) is 15.9 Å². The first kappa shape index (κ1) is 14.5. The van der Waals surface area contributed by atoms with Crippen LogP contribution < -0.4 is 0 Å². The summed E-state index contributed by atoms with van der Waals surface area (Å²) in [5.74, 6) is 0.0586. The summed E-state index contributed by atoms with van der Waals surface area (Å²) >= 11 is 3.42. The van der Waals surface area contributed by atoms with Crippen molar-refractivity contribution in [2.24, 2.45) is 0 Å². The fraction of sp³-hybridized carbons (Fsp3) is 0.533. The Kier molecular flexibility index (Phi) is 5.40. The molecule has 19 heavy (non-hydrogen) atoms. The lowest BCUT2D eigenvalue weighted by Crippen LogP contribution is -2.31. The largest absolute Gasteiger partial charge is 0.378 e. The zero-order valence-corrected chi connectivity index (χ0v) is 12.9. The molecule has 1 aliphatic heterocycles. The summed E-state index contributed by atoms with van der Waals surface area (Å²) in [6, 6.07) is 7.54. The lowest BCUT2D eigenvalue weighted by atomic mass is 10.1. The number of ether oxygens (including phenoxy) is 1. The average Bonchev–Trinajstić information content (AvgIpc) is 2.45. The minimum atomic E-state index is 0.0586. The molecule has 1 heterocycles. The molecule has 1 atom stereocenters. The van der Waals surface area contributed by atoms with Crippen molar-refractivity contribution in [1.29, 1.82) is 0 Å². The number of rotatable bonds is 4. The Hall–Kier alpha value is -0.870. The van der Waals surface area contributed by atoms with Gasteiger partial charge in [-0.15, -0.1) is 0 Å². The highest BCUT2D eigenvalue weighted by atomic mass is 79.9. The fourth-order valence-corrected chi connectivity index (χ4v) is 2.77. The third-order valence-electron chi connectivity index (χ3n) is 3.51. The molecule has 1 aliphatic rings. The van der Waals surface area contributed by atoms with Gasteiger partial charge in [0.1, 0.15) is 0 Å².